The normalized spacial score (nSPS) is 9.68. The second-order valence-corrected chi connectivity index (χ2v) is 6.23. The Labute approximate surface area is 169 Å². The first kappa shape index (κ1) is 19.6. The molecule has 4 rings (SSSR count). The van der Waals surface area contributed by atoms with Gasteiger partial charge in [0.2, 0.25) is 0 Å². The third kappa shape index (κ3) is 5.63. The third-order valence-corrected chi connectivity index (χ3v) is 4.18. The summed E-state index contributed by atoms with van der Waals surface area (Å²) in [6.45, 7) is 0. The maximum Gasteiger partial charge on any atom is 2.00 e. The quantitative estimate of drug-likeness (QED) is 0.239. The maximum atomic E-state index is 5.77. The number of hydrogen-bond donors (Lipinski definition) is 0. The molecular formula is C22H16Cl2Fe. The van der Waals surface area contributed by atoms with Crippen LogP contribution in [-0.4, -0.2) is 0 Å². The van der Waals surface area contributed by atoms with Crippen LogP contribution in [0.2, 0.25) is 10.0 Å². The van der Waals surface area contributed by atoms with Crippen LogP contribution in [-0.2, 0) is 17.1 Å². The zero-order chi connectivity index (χ0) is 16.8. The average Bonchev–Trinajstić information content (AvgIpc) is 3.31. The molecule has 0 saturated carbocycles. The summed E-state index contributed by atoms with van der Waals surface area (Å²) >= 11 is 11.5. The molecule has 0 aliphatic carbocycles. The smallest absolute Gasteiger partial charge is 0.152 e. The minimum Gasteiger partial charge on any atom is -0.152 e. The second kappa shape index (κ2) is 9.65. The van der Waals surface area contributed by atoms with Crippen LogP contribution in [0, 0.1) is 0 Å². The third-order valence-electron chi connectivity index (χ3n) is 3.68. The van der Waals surface area contributed by atoms with Gasteiger partial charge in [0.1, 0.15) is 0 Å². The molecule has 0 aliphatic rings. The Kier molecular flexibility index (Phi) is 7.55. The van der Waals surface area contributed by atoms with Crippen LogP contribution in [0.1, 0.15) is 0 Å². The van der Waals surface area contributed by atoms with Crippen molar-refractivity contribution in [2.75, 3.05) is 0 Å². The fraction of sp³-hybridized carbons (Fsp3) is 0. The molecule has 0 bridgehead atoms. The topological polar surface area (TPSA) is 0 Å². The van der Waals surface area contributed by atoms with Crippen LogP contribution in [0.25, 0.3) is 22.3 Å². The van der Waals surface area contributed by atoms with Crippen LogP contribution in [0.3, 0.4) is 0 Å². The molecule has 0 atom stereocenters. The van der Waals surface area contributed by atoms with Gasteiger partial charge in [-0.15, -0.1) is 59.7 Å². The van der Waals surface area contributed by atoms with Gasteiger partial charge in [-0.05, 0) is 0 Å². The Morgan fingerprint density at radius 1 is 0.480 bits per heavy atom. The van der Waals surface area contributed by atoms with Gasteiger partial charge in [0.05, 0.1) is 0 Å². The van der Waals surface area contributed by atoms with Gasteiger partial charge >= 0.3 is 17.1 Å². The minimum atomic E-state index is 0. The first-order valence-corrected chi connectivity index (χ1v) is 8.43. The summed E-state index contributed by atoms with van der Waals surface area (Å²) in [6.07, 6.45) is 0. The van der Waals surface area contributed by atoms with E-state index in [0.29, 0.717) is 0 Å². The Bertz CT molecular complexity index is 768. The number of benzene rings is 2. The molecule has 0 radical (unpaired) electrons. The maximum absolute atomic E-state index is 5.77. The van der Waals surface area contributed by atoms with Crippen molar-refractivity contribution < 1.29 is 17.1 Å². The molecular weight excluding hydrogens is 391 g/mol. The first-order chi connectivity index (χ1) is 11.7. The van der Waals surface area contributed by atoms with E-state index >= 15 is 0 Å². The van der Waals surface area contributed by atoms with E-state index in [0.717, 1.165) is 10.0 Å². The van der Waals surface area contributed by atoms with Crippen molar-refractivity contribution in [3.63, 3.8) is 0 Å². The number of rotatable bonds is 2. The van der Waals surface area contributed by atoms with Crippen LogP contribution in [0.4, 0.5) is 0 Å². The van der Waals surface area contributed by atoms with Crippen molar-refractivity contribution in [2.24, 2.45) is 0 Å². The summed E-state index contributed by atoms with van der Waals surface area (Å²) in [6, 6.07) is 32.2. The van der Waals surface area contributed by atoms with Crippen molar-refractivity contribution in [1.82, 2.24) is 0 Å². The van der Waals surface area contributed by atoms with Gasteiger partial charge in [0, 0.05) is 10.0 Å². The molecule has 126 valence electrons. The van der Waals surface area contributed by atoms with Crippen LogP contribution in [0.15, 0.2) is 97.1 Å². The van der Waals surface area contributed by atoms with Crippen LogP contribution in [0.5, 0.6) is 0 Å². The molecule has 0 aliphatic heterocycles. The molecule has 0 heterocycles. The van der Waals surface area contributed by atoms with E-state index in [2.05, 4.69) is 24.3 Å². The Hall–Kier alpha value is -1.76. The molecule has 0 amide bonds. The molecule has 4 aromatic rings. The monoisotopic (exact) mass is 406 g/mol. The summed E-state index contributed by atoms with van der Waals surface area (Å²) in [5.41, 5.74) is 4.91. The first-order valence-electron chi connectivity index (χ1n) is 7.68. The predicted octanol–water partition coefficient (Wildman–Crippen LogP) is 7.45. The summed E-state index contributed by atoms with van der Waals surface area (Å²) in [5, 5.41) is 1.57. The molecule has 0 unspecified atom stereocenters. The van der Waals surface area contributed by atoms with E-state index < -0.39 is 0 Å². The molecule has 0 spiro atoms. The summed E-state index contributed by atoms with van der Waals surface area (Å²) in [5.74, 6) is 0. The molecule has 0 aromatic heterocycles. The molecule has 4 aromatic carbocycles. The van der Waals surface area contributed by atoms with Gasteiger partial charge in [-0.2, -0.15) is 24.3 Å². The van der Waals surface area contributed by atoms with Gasteiger partial charge in [0.25, 0.3) is 0 Å². The Morgan fingerprint density at radius 3 is 1.04 bits per heavy atom. The minimum absolute atomic E-state index is 0. The molecule has 25 heavy (non-hydrogen) atoms. The largest absolute Gasteiger partial charge is 2.00 e. The number of hydrogen-bond acceptors (Lipinski definition) is 0. The van der Waals surface area contributed by atoms with Crippen molar-refractivity contribution in [1.29, 1.82) is 0 Å². The van der Waals surface area contributed by atoms with Crippen LogP contribution < -0.4 is 0 Å². The summed E-state index contributed by atoms with van der Waals surface area (Å²) < 4.78 is 0. The summed E-state index contributed by atoms with van der Waals surface area (Å²) in [4.78, 5) is 0. The van der Waals surface area contributed by atoms with E-state index in [9.17, 15) is 0 Å². The Balaban J connectivity index is 0.000000173. The van der Waals surface area contributed by atoms with Gasteiger partial charge in [-0.25, -0.2) is 0 Å². The van der Waals surface area contributed by atoms with E-state index in [1.165, 1.54) is 22.3 Å². The van der Waals surface area contributed by atoms with E-state index in [1.807, 2.05) is 72.8 Å². The molecule has 0 saturated heterocycles. The summed E-state index contributed by atoms with van der Waals surface area (Å²) in [7, 11) is 0. The van der Waals surface area contributed by atoms with Crippen molar-refractivity contribution in [3.8, 4) is 22.3 Å². The molecule has 0 N–H and O–H groups in total. The fourth-order valence-corrected chi connectivity index (χ4v) is 2.67. The van der Waals surface area contributed by atoms with E-state index in [4.69, 9.17) is 23.2 Å². The van der Waals surface area contributed by atoms with Crippen molar-refractivity contribution >= 4 is 23.2 Å². The predicted molar refractivity (Wildman–Crippen MR) is 105 cm³/mol. The fourth-order valence-electron chi connectivity index (χ4n) is 2.42. The van der Waals surface area contributed by atoms with Crippen molar-refractivity contribution in [3.05, 3.63) is 107 Å². The van der Waals surface area contributed by atoms with Gasteiger partial charge < -0.3 is 0 Å². The number of halogens is 2. The van der Waals surface area contributed by atoms with Gasteiger partial charge in [-0.3, -0.25) is 0 Å². The van der Waals surface area contributed by atoms with E-state index in [1.54, 1.807) is 0 Å². The SMILES string of the molecule is Clc1ccc(-[c-]2cccc2)cc1.Clc1ccc(-[c-]2cccc2)cc1.[Fe+2]. The molecule has 0 fully saturated rings. The zero-order valence-corrected chi connectivity index (χ0v) is 16.0. The zero-order valence-electron chi connectivity index (χ0n) is 13.3. The van der Waals surface area contributed by atoms with Crippen molar-refractivity contribution in [2.45, 2.75) is 0 Å². The Morgan fingerprint density at radius 2 is 0.760 bits per heavy atom. The van der Waals surface area contributed by atoms with E-state index in [-0.39, 0.29) is 17.1 Å². The van der Waals surface area contributed by atoms with Gasteiger partial charge in [0.15, 0.2) is 0 Å². The average molecular weight is 407 g/mol. The molecule has 0 nitrogen and oxygen atoms in total. The van der Waals surface area contributed by atoms with Gasteiger partial charge in [-0.1, -0.05) is 58.6 Å². The standard InChI is InChI=1S/2C11H8Cl.Fe/c2*12-11-7-5-10(6-8-11)9-3-1-2-4-9;/h2*1-8H;/q2*-1;+2. The molecule has 3 heteroatoms. The van der Waals surface area contributed by atoms with Crippen LogP contribution >= 0.6 is 23.2 Å². The second-order valence-electron chi connectivity index (χ2n) is 5.36.